The highest BCUT2D eigenvalue weighted by Crippen LogP contribution is 2.31. The number of aromatic nitrogens is 3. The first-order valence-corrected chi connectivity index (χ1v) is 7.83. The van der Waals surface area contributed by atoms with Crippen LogP contribution in [0.5, 0.6) is 0 Å². The van der Waals surface area contributed by atoms with Crippen LogP contribution in [0.2, 0.25) is 0 Å². The van der Waals surface area contributed by atoms with Crippen LogP contribution in [0.15, 0.2) is 53.2 Å². The summed E-state index contributed by atoms with van der Waals surface area (Å²) in [7, 11) is 0. The van der Waals surface area contributed by atoms with Crippen molar-refractivity contribution in [3.63, 3.8) is 0 Å². The molecule has 1 amide bonds. The highest BCUT2D eigenvalue weighted by Gasteiger charge is 2.34. The highest BCUT2D eigenvalue weighted by atomic mass is 16.5. The molecule has 1 unspecified atom stereocenters. The number of pyridine rings is 1. The Bertz CT molecular complexity index is 858. The van der Waals surface area contributed by atoms with E-state index < -0.39 is 0 Å². The van der Waals surface area contributed by atoms with Crippen molar-refractivity contribution in [2.45, 2.75) is 19.3 Å². The second-order valence-electron chi connectivity index (χ2n) is 5.91. The minimum atomic E-state index is -0.0694. The van der Waals surface area contributed by atoms with Crippen molar-refractivity contribution in [3.8, 4) is 11.6 Å². The Morgan fingerprint density at radius 2 is 2.00 bits per heavy atom. The summed E-state index contributed by atoms with van der Waals surface area (Å²) in [5.74, 6) is 0.943. The van der Waals surface area contributed by atoms with Gasteiger partial charge in [0.1, 0.15) is 5.69 Å². The minimum absolute atomic E-state index is 0.0694. The largest absolute Gasteiger partial charge is 0.332 e. The number of rotatable bonds is 3. The number of anilines is 1. The fourth-order valence-electron chi connectivity index (χ4n) is 2.85. The average Bonchev–Trinajstić information content (AvgIpc) is 3.23. The summed E-state index contributed by atoms with van der Waals surface area (Å²) in [6.45, 7) is 2.58. The van der Waals surface area contributed by atoms with E-state index in [0.717, 1.165) is 5.69 Å². The van der Waals surface area contributed by atoms with E-state index in [2.05, 4.69) is 15.1 Å². The number of hydrogen-bond donors (Lipinski definition) is 0. The molecule has 4 rings (SSSR count). The predicted octanol–water partition coefficient (Wildman–Crippen LogP) is 2.96. The summed E-state index contributed by atoms with van der Waals surface area (Å²) < 4.78 is 5.30. The second kappa shape index (κ2) is 5.88. The number of amides is 1. The molecule has 6 heteroatoms. The maximum Gasteiger partial charge on any atom is 0.276 e. The Balaban J connectivity index is 1.55. The van der Waals surface area contributed by atoms with Gasteiger partial charge in [-0.2, -0.15) is 4.98 Å². The third-order valence-electron chi connectivity index (χ3n) is 4.16. The van der Waals surface area contributed by atoms with E-state index in [0.29, 0.717) is 30.4 Å². The zero-order valence-electron chi connectivity index (χ0n) is 13.2. The fraction of sp³-hybridized carbons (Fsp3) is 0.222. The van der Waals surface area contributed by atoms with Gasteiger partial charge in [-0.1, -0.05) is 28.9 Å². The van der Waals surface area contributed by atoms with Crippen molar-refractivity contribution in [1.29, 1.82) is 0 Å². The van der Waals surface area contributed by atoms with Gasteiger partial charge in [0.05, 0.1) is 0 Å². The van der Waals surface area contributed by atoms with Crippen LogP contribution in [0.25, 0.3) is 11.6 Å². The van der Waals surface area contributed by atoms with Crippen LogP contribution in [0.3, 0.4) is 0 Å². The van der Waals surface area contributed by atoms with Crippen molar-refractivity contribution in [2.24, 2.45) is 0 Å². The lowest BCUT2D eigenvalue weighted by Crippen LogP contribution is -2.24. The Kier molecular flexibility index (Phi) is 3.57. The van der Waals surface area contributed by atoms with Gasteiger partial charge in [0, 0.05) is 30.8 Å². The van der Waals surface area contributed by atoms with Crippen molar-refractivity contribution in [3.05, 3.63) is 60.0 Å². The molecule has 1 fully saturated rings. The number of hydrogen-bond acceptors (Lipinski definition) is 5. The molecule has 2 aromatic heterocycles. The van der Waals surface area contributed by atoms with Crippen LogP contribution >= 0.6 is 0 Å². The number of nitrogens with zero attached hydrogens (tertiary/aromatic N) is 4. The van der Waals surface area contributed by atoms with Crippen LogP contribution in [-0.2, 0) is 4.79 Å². The van der Waals surface area contributed by atoms with E-state index in [1.165, 1.54) is 5.56 Å². The predicted molar refractivity (Wildman–Crippen MR) is 88.4 cm³/mol. The van der Waals surface area contributed by atoms with Gasteiger partial charge in [0.2, 0.25) is 5.91 Å². The van der Waals surface area contributed by atoms with Gasteiger partial charge < -0.3 is 9.42 Å². The molecule has 0 N–H and O–H groups in total. The van der Waals surface area contributed by atoms with Crippen molar-refractivity contribution in [1.82, 2.24) is 15.1 Å². The zero-order chi connectivity index (χ0) is 16.5. The number of carbonyl (C=O) groups excluding carboxylic acids is 1. The van der Waals surface area contributed by atoms with Crippen LogP contribution in [0, 0.1) is 6.92 Å². The molecule has 3 heterocycles. The van der Waals surface area contributed by atoms with Gasteiger partial charge in [-0.05, 0) is 31.2 Å². The Morgan fingerprint density at radius 3 is 2.75 bits per heavy atom. The fourth-order valence-corrected chi connectivity index (χ4v) is 2.85. The minimum Gasteiger partial charge on any atom is -0.332 e. The maximum atomic E-state index is 12.3. The molecule has 0 radical (unpaired) electrons. The topological polar surface area (TPSA) is 72.1 Å². The molecule has 1 aliphatic heterocycles. The first-order valence-electron chi connectivity index (χ1n) is 7.83. The third kappa shape index (κ3) is 2.67. The third-order valence-corrected chi connectivity index (χ3v) is 4.16. The standard InChI is InChI=1S/C18H16N4O2/c1-12-5-7-14(8-6-12)22-11-13(10-16(22)23)17-20-18(24-21-17)15-4-2-3-9-19-15/h2-9,13H,10-11H2,1H3. The maximum absolute atomic E-state index is 12.3. The molecule has 120 valence electrons. The van der Waals surface area contributed by atoms with Gasteiger partial charge in [-0.25, -0.2) is 0 Å². The van der Waals surface area contributed by atoms with Gasteiger partial charge in [-0.15, -0.1) is 0 Å². The van der Waals surface area contributed by atoms with Crippen molar-refractivity contribution < 1.29 is 9.32 Å². The summed E-state index contributed by atoms with van der Waals surface area (Å²) in [6.07, 6.45) is 2.06. The van der Waals surface area contributed by atoms with Crippen LogP contribution in [-0.4, -0.2) is 27.6 Å². The van der Waals surface area contributed by atoms with E-state index in [-0.39, 0.29) is 11.8 Å². The van der Waals surface area contributed by atoms with Gasteiger partial charge >= 0.3 is 0 Å². The summed E-state index contributed by atoms with van der Waals surface area (Å²) in [4.78, 5) is 22.7. The van der Waals surface area contributed by atoms with E-state index in [9.17, 15) is 4.79 Å². The summed E-state index contributed by atoms with van der Waals surface area (Å²) in [6, 6.07) is 13.4. The lowest BCUT2D eigenvalue weighted by atomic mass is 10.1. The summed E-state index contributed by atoms with van der Waals surface area (Å²) in [5.41, 5.74) is 2.71. The van der Waals surface area contributed by atoms with E-state index in [1.807, 2.05) is 49.4 Å². The lowest BCUT2D eigenvalue weighted by molar-refractivity contribution is -0.117. The molecule has 0 bridgehead atoms. The number of carbonyl (C=O) groups is 1. The average molecular weight is 320 g/mol. The van der Waals surface area contributed by atoms with Crippen molar-refractivity contribution in [2.75, 3.05) is 11.4 Å². The smallest absolute Gasteiger partial charge is 0.276 e. The molecular weight excluding hydrogens is 304 g/mol. The van der Waals surface area contributed by atoms with Gasteiger partial charge in [0.15, 0.2) is 5.82 Å². The summed E-state index contributed by atoms with van der Waals surface area (Å²) >= 11 is 0. The zero-order valence-corrected chi connectivity index (χ0v) is 13.2. The molecule has 0 saturated carbocycles. The van der Waals surface area contributed by atoms with Crippen molar-refractivity contribution >= 4 is 11.6 Å². The molecule has 1 saturated heterocycles. The molecule has 0 aliphatic carbocycles. The van der Waals surface area contributed by atoms with Crippen LogP contribution in [0.4, 0.5) is 5.69 Å². The van der Waals surface area contributed by atoms with E-state index in [4.69, 9.17) is 4.52 Å². The van der Waals surface area contributed by atoms with Gasteiger partial charge in [0.25, 0.3) is 5.89 Å². The molecule has 1 aromatic carbocycles. The first kappa shape index (κ1) is 14.6. The van der Waals surface area contributed by atoms with Gasteiger partial charge in [-0.3, -0.25) is 9.78 Å². The molecule has 6 nitrogen and oxygen atoms in total. The molecule has 24 heavy (non-hydrogen) atoms. The normalized spacial score (nSPS) is 17.5. The number of benzene rings is 1. The quantitative estimate of drug-likeness (QED) is 0.742. The highest BCUT2D eigenvalue weighted by molar-refractivity contribution is 5.96. The Labute approximate surface area is 139 Å². The molecular formula is C18H16N4O2. The number of aryl methyl sites for hydroxylation is 1. The summed E-state index contributed by atoms with van der Waals surface area (Å²) in [5, 5.41) is 4.05. The molecule has 1 aliphatic rings. The molecule has 3 aromatic rings. The molecule has 1 atom stereocenters. The van der Waals surface area contributed by atoms with E-state index in [1.54, 1.807) is 11.1 Å². The lowest BCUT2D eigenvalue weighted by Gasteiger charge is -2.16. The van der Waals surface area contributed by atoms with Crippen LogP contribution < -0.4 is 4.90 Å². The first-order chi connectivity index (χ1) is 11.7. The SMILES string of the molecule is Cc1ccc(N2CC(c3noc(-c4ccccn4)n3)CC2=O)cc1. The second-order valence-corrected chi connectivity index (χ2v) is 5.91. The Hall–Kier alpha value is -3.02. The monoisotopic (exact) mass is 320 g/mol. The van der Waals surface area contributed by atoms with Crippen LogP contribution in [0.1, 0.15) is 23.7 Å². The molecule has 0 spiro atoms. The Morgan fingerprint density at radius 1 is 1.17 bits per heavy atom. The van der Waals surface area contributed by atoms with E-state index >= 15 is 0 Å².